The molecule has 638 valence electrons. The van der Waals surface area contributed by atoms with Crippen LogP contribution in [0.2, 0.25) is 20.1 Å². The average molecular weight is 1740 g/mol. The lowest BCUT2D eigenvalue weighted by molar-refractivity contribution is -0.334. The zero-order valence-electron chi connectivity index (χ0n) is 64.0. The van der Waals surface area contributed by atoms with Crippen molar-refractivity contribution in [1.82, 2.24) is 53.0 Å². The first kappa shape index (κ1) is 88.5. The van der Waals surface area contributed by atoms with Crippen LogP contribution in [0.5, 0.6) is 46.0 Å². The van der Waals surface area contributed by atoms with Gasteiger partial charge in [0.05, 0.1) is 46.9 Å². The number of primary amides is 1. The number of hydrogen-bond acceptors (Lipinski definition) is 28. The molecule has 11 bridgehead atoms. The number of amides is 9. The zero-order chi connectivity index (χ0) is 86.8. The molecular weight excluding hydrogens is 1660 g/mol. The number of nitrogens with zero attached hydrogens (tertiary/aromatic N) is 1. The molecule has 37 nitrogen and oxygen atoms in total. The summed E-state index contributed by atoms with van der Waals surface area (Å²) in [7, 11) is 1.47. The van der Waals surface area contributed by atoms with E-state index >= 15 is 19.2 Å². The smallest absolute Gasteiger partial charge is 0.270 e. The van der Waals surface area contributed by atoms with Crippen molar-refractivity contribution in [3.8, 4) is 57.1 Å². The van der Waals surface area contributed by atoms with Crippen LogP contribution in [0.3, 0.4) is 0 Å². The van der Waals surface area contributed by atoms with Crippen molar-refractivity contribution in [2.75, 3.05) is 19.0 Å². The summed E-state index contributed by atoms with van der Waals surface area (Å²) in [5.74, 6) is -16.5. The summed E-state index contributed by atoms with van der Waals surface area (Å²) >= 11 is 26.7. The van der Waals surface area contributed by atoms with Crippen molar-refractivity contribution in [3.05, 3.63) is 175 Å². The molecule has 1 aromatic heterocycles. The van der Waals surface area contributed by atoms with Gasteiger partial charge in [0.2, 0.25) is 53.4 Å². The molecule has 6 aromatic carbocycles. The van der Waals surface area contributed by atoms with Crippen LogP contribution < -0.4 is 73.3 Å². The van der Waals surface area contributed by atoms with Gasteiger partial charge in [-0.05, 0) is 145 Å². The van der Waals surface area contributed by atoms with E-state index in [0.29, 0.717) is 11.3 Å². The van der Waals surface area contributed by atoms with Crippen LogP contribution in [-0.2, 0) is 59.1 Å². The van der Waals surface area contributed by atoms with Gasteiger partial charge < -0.3 is 128 Å². The Balaban J connectivity index is 1.03. The van der Waals surface area contributed by atoms with E-state index in [-0.39, 0.29) is 63.4 Å². The molecule has 14 rings (SSSR count). The Morgan fingerprint density at radius 1 is 0.692 bits per heavy atom. The Hall–Kier alpha value is -10.8. The minimum Gasteiger partial charge on any atom is -0.508 e. The number of aromatic nitrogens is 1. The van der Waals surface area contributed by atoms with Crippen LogP contribution in [0.25, 0.3) is 11.1 Å². The SMILES string of the molecule is CN[C@H](CC(C)C)C(=O)N[C@H]1C(=O)N[C@@H](CC(N)=O)C(=O)N[C@H]2C(=O)N[C@H]3C(=O)N[C@H](C(=O)N[C@@H](C(=O)NO)c4cc(O)cc(O)c4-c4cc3ccc4O)[C@H](O)c3ccc(c(Cl)c3)Oc3cc2cc(c3O[C@@H]2O[C@H](CO)[C@@H](O)[C@H](O)[C@H]2O[C@H]2C[C@](C)(NCc3cncc(C(=O)Nc4cc(Cl)cc(Cl)c4)c3)[C@H](O)[C@H](C)O2)Oc2ccc(cc2Cl)[C@H]1O. The molecule has 0 radical (unpaired) electrons. The second kappa shape index (κ2) is 37.0. The lowest BCUT2D eigenvalue weighted by Crippen LogP contribution is -2.65. The Morgan fingerprint density at radius 3 is 1.95 bits per heavy atom. The Labute approximate surface area is 702 Å². The molecule has 9 amide bonds. The number of nitrogens with two attached hydrogens (primary N) is 1. The summed E-state index contributed by atoms with van der Waals surface area (Å²) < 4.78 is 39.4. The maximum absolute atomic E-state index is 16.3. The third-order valence-electron chi connectivity index (χ3n) is 20.7. The third kappa shape index (κ3) is 19.5. The van der Waals surface area contributed by atoms with Crippen molar-refractivity contribution in [2.24, 2.45) is 11.7 Å². The van der Waals surface area contributed by atoms with E-state index in [0.717, 1.165) is 66.7 Å². The van der Waals surface area contributed by atoms with Crippen LogP contribution in [0, 0.1) is 5.92 Å². The van der Waals surface area contributed by atoms with Gasteiger partial charge in [0.25, 0.3) is 11.8 Å². The summed E-state index contributed by atoms with van der Waals surface area (Å²) in [4.78, 5) is 136. The first-order chi connectivity index (χ1) is 56.9. The van der Waals surface area contributed by atoms with Gasteiger partial charge in [-0.2, -0.15) is 0 Å². The molecule has 120 heavy (non-hydrogen) atoms. The fraction of sp³-hybridized carbons (Fsp3) is 0.367. The standard InChI is InChI=1S/C79H84Cl4N12O25/c1-30(2)12-46(85-5)71(107)93-61-63(101)34-7-10-50(44(82)15-34)116-52-17-36-18-53(67(52)120-78-68(66(104)65(103)54(29-96)118-78)119-56-25-79(4,69(105)31(3)115-56)87-27-32-13-37(28-86-26-32)70(106)88-40-20-38(80)19-39(81)21-40)117-51-11-8-35(16-45(51)83)64(102)62-76(112)92-60(77(113)95-114)43-22-41(97)23-49(99)57(43)42-14-33(6-9-48(42)98)58(73(109)94-62)91-74(110)59(36)90-72(108)47(24-55(84)100)89-75(61)111/h6-11,13-23,26,28,30-31,46-47,54,56,58-66,68-69,78,85,87,96-99,101-105,114H,12,24-25,27,29H2,1-5H3,(H2,84,100)(H,88,106)(H,89,111)(H,90,108)(H,91,110)(H,92,112)(H,93,107)(H,94,109)(H,95,113)/t31-,46+,47-,54+,56-,58+,59+,60+,61+,62-,63+,64+,65+,66-,68+,69+,78-,79-/m0/s1. The maximum atomic E-state index is 16.3. The number of rotatable bonds is 18. The van der Waals surface area contributed by atoms with E-state index in [4.69, 9.17) is 80.6 Å². The lowest BCUT2D eigenvalue weighted by Gasteiger charge is -2.48. The number of pyridine rings is 1. The van der Waals surface area contributed by atoms with E-state index in [1.807, 2.05) is 13.8 Å². The number of benzene rings is 6. The average Bonchev–Trinajstić information content (AvgIpc) is 0.765. The minimum atomic E-state index is -2.39. The van der Waals surface area contributed by atoms with Crippen LogP contribution in [-0.4, -0.2) is 202 Å². The molecule has 0 aliphatic carbocycles. The number of hydroxylamine groups is 1. The normalized spacial score (nSPS) is 26.5. The van der Waals surface area contributed by atoms with Crippen molar-refractivity contribution < 1.29 is 123 Å². The van der Waals surface area contributed by atoms with Gasteiger partial charge in [-0.15, -0.1) is 0 Å². The number of aliphatic hydroxyl groups excluding tert-OH is 6. The van der Waals surface area contributed by atoms with Crippen LogP contribution >= 0.6 is 46.4 Å². The zero-order valence-corrected chi connectivity index (χ0v) is 67.1. The number of carbonyl (C=O) groups is 9. The quantitative estimate of drug-likeness (QED) is 0.0433. The molecule has 18 atom stereocenters. The molecule has 8 heterocycles. The van der Waals surface area contributed by atoms with E-state index in [1.165, 1.54) is 62.2 Å². The molecule has 41 heteroatoms. The van der Waals surface area contributed by atoms with Gasteiger partial charge in [-0.3, -0.25) is 53.3 Å². The fourth-order valence-corrected chi connectivity index (χ4v) is 15.5. The number of anilines is 1. The third-order valence-corrected chi connectivity index (χ3v) is 21.8. The molecule has 0 spiro atoms. The highest BCUT2D eigenvalue weighted by Crippen LogP contribution is 2.50. The largest absolute Gasteiger partial charge is 0.508 e. The summed E-state index contributed by atoms with van der Waals surface area (Å²) in [5, 5.41) is 139. The number of aromatic hydroxyl groups is 3. The van der Waals surface area contributed by atoms with Crippen molar-refractivity contribution in [1.29, 1.82) is 0 Å². The molecule has 22 N–H and O–H groups in total. The van der Waals surface area contributed by atoms with Gasteiger partial charge in [-0.1, -0.05) is 78.5 Å². The number of phenolic OH excluding ortho intramolecular Hbond substituents is 3. The first-order valence-electron chi connectivity index (χ1n) is 37.3. The Kier molecular flexibility index (Phi) is 27.3. The monoisotopic (exact) mass is 1740 g/mol. The van der Waals surface area contributed by atoms with Gasteiger partial charge in [0, 0.05) is 63.8 Å². The predicted molar refractivity (Wildman–Crippen MR) is 423 cm³/mol. The number of phenols is 3. The number of likely N-dealkylation sites (N-methyl/N-ethyl adjacent to an activating group) is 1. The van der Waals surface area contributed by atoms with Crippen LogP contribution in [0.1, 0.15) is 121 Å². The molecule has 7 aliphatic rings. The summed E-state index contributed by atoms with van der Waals surface area (Å²) in [6.45, 7) is 5.68. The van der Waals surface area contributed by atoms with E-state index in [1.54, 1.807) is 13.0 Å². The Morgan fingerprint density at radius 2 is 1.32 bits per heavy atom. The number of hydrogen-bond donors (Lipinski definition) is 21. The van der Waals surface area contributed by atoms with Crippen molar-refractivity contribution in [2.45, 2.75) is 163 Å². The molecular formula is C79H84Cl4N12O25. The van der Waals surface area contributed by atoms with Crippen molar-refractivity contribution in [3.63, 3.8) is 0 Å². The highest BCUT2D eigenvalue weighted by Gasteiger charge is 2.52. The molecule has 2 fully saturated rings. The molecule has 0 saturated carbocycles. The highest BCUT2D eigenvalue weighted by atomic mass is 35.5. The van der Waals surface area contributed by atoms with Crippen molar-refractivity contribution >= 4 is 105 Å². The molecule has 2 saturated heterocycles. The second-order valence-corrected chi connectivity index (χ2v) is 31.5. The second-order valence-electron chi connectivity index (χ2n) is 29.8. The molecule has 7 aliphatic heterocycles. The number of aliphatic hydroxyl groups is 6. The Bertz CT molecular complexity index is 5130. The molecule has 7 aromatic rings. The number of fused-ring (bicyclic) bond motifs is 15. The van der Waals surface area contributed by atoms with Crippen LogP contribution in [0.4, 0.5) is 5.69 Å². The van der Waals surface area contributed by atoms with E-state index in [2.05, 4.69) is 52.8 Å². The topological polar surface area (TPSA) is 571 Å². The van der Waals surface area contributed by atoms with Gasteiger partial charge >= 0.3 is 0 Å². The number of nitrogens with one attached hydrogen (secondary N) is 10. The summed E-state index contributed by atoms with van der Waals surface area (Å²) in [6, 6.07) is 5.15. The maximum Gasteiger partial charge on any atom is 0.270 e. The van der Waals surface area contributed by atoms with Gasteiger partial charge in [0.1, 0.15) is 95.5 Å². The molecule has 0 unspecified atom stereocenters. The summed E-state index contributed by atoms with van der Waals surface area (Å²) in [6.07, 6.45) is -16.7. The van der Waals surface area contributed by atoms with Gasteiger partial charge in [0.15, 0.2) is 23.9 Å². The number of halogens is 4. The van der Waals surface area contributed by atoms with Gasteiger partial charge in [-0.25, -0.2) is 5.48 Å². The number of carbonyl (C=O) groups excluding carboxylic acids is 9. The predicted octanol–water partition coefficient (Wildman–Crippen LogP) is 3.31. The van der Waals surface area contributed by atoms with E-state index < -0.39 is 248 Å². The fourth-order valence-electron chi connectivity index (χ4n) is 14.6. The minimum absolute atomic E-state index is 0.0506. The number of ether oxygens (including phenoxy) is 6. The van der Waals surface area contributed by atoms with E-state index in [9.17, 15) is 75.1 Å². The lowest BCUT2D eigenvalue weighted by atomic mass is 9.84. The van der Waals surface area contributed by atoms with Crippen LogP contribution in [0.15, 0.2) is 116 Å². The first-order valence-corrected chi connectivity index (χ1v) is 38.8. The summed E-state index contributed by atoms with van der Waals surface area (Å²) in [5.41, 5.74) is 3.75. The highest BCUT2D eigenvalue weighted by molar-refractivity contribution is 6.35.